The Bertz CT molecular complexity index is 261. The Balaban J connectivity index is 2.15. The molecule has 0 bridgehead atoms. The van der Waals surface area contributed by atoms with E-state index in [1.165, 1.54) is 0 Å². The highest BCUT2D eigenvalue weighted by Crippen LogP contribution is 2.15. The number of nitrogens with zero attached hydrogens (tertiary/aromatic N) is 1. The summed E-state index contributed by atoms with van der Waals surface area (Å²) in [6, 6.07) is 0.367. The first-order chi connectivity index (χ1) is 8.44. The van der Waals surface area contributed by atoms with Crippen molar-refractivity contribution in [1.29, 1.82) is 0 Å². The summed E-state index contributed by atoms with van der Waals surface area (Å²) in [5.41, 5.74) is -0.106. The van der Waals surface area contributed by atoms with Gasteiger partial charge in [-0.15, -0.1) is 0 Å². The molecule has 1 amide bonds. The highest BCUT2D eigenvalue weighted by molar-refractivity contribution is 5.76. The van der Waals surface area contributed by atoms with E-state index in [9.17, 15) is 4.79 Å². The molecule has 1 unspecified atom stereocenters. The summed E-state index contributed by atoms with van der Waals surface area (Å²) in [5, 5.41) is 3.40. The first-order valence-corrected chi connectivity index (χ1v) is 7.01. The minimum atomic E-state index is -0.106. The average Bonchev–Trinajstić information content (AvgIpc) is 2.81. The van der Waals surface area contributed by atoms with E-state index < -0.39 is 0 Å². The van der Waals surface area contributed by atoms with E-state index in [4.69, 9.17) is 4.74 Å². The molecule has 0 saturated carbocycles. The lowest BCUT2D eigenvalue weighted by Gasteiger charge is -2.27. The summed E-state index contributed by atoms with van der Waals surface area (Å²) in [5.74, 6) is 0.290. The second-order valence-corrected chi connectivity index (χ2v) is 5.86. The van der Waals surface area contributed by atoms with Gasteiger partial charge in [0.15, 0.2) is 0 Å². The first-order valence-electron chi connectivity index (χ1n) is 7.01. The summed E-state index contributed by atoms with van der Waals surface area (Å²) >= 11 is 0. The topological polar surface area (TPSA) is 41.6 Å². The van der Waals surface area contributed by atoms with E-state index in [0.717, 1.165) is 38.9 Å². The van der Waals surface area contributed by atoms with Crippen LogP contribution in [0, 0.1) is 0 Å². The molecule has 0 aromatic rings. The second kappa shape index (κ2) is 7.10. The molecular weight excluding hydrogens is 228 g/mol. The van der Waals surface area contributed by atoms with Gasteiger partial charge in [0, 0.05) is 39.2 Å². The van der Waals surface area contributed by atoms with E-state index in [2.05, 4.69) is 26.1 Å². The van der Waals surface area contributed by atoms with Crippen molar-refractivity contribution in [3.8, 4) is 0 Å². The molecule has 1 rings (SSSR count). The summed E-state index contributed by atoms with van der Waals surface area (Å²) in [7, 11) is 1.74. The third-order valence-corrected chi connectivity index (χ3v) is 3.64. The number of methoxy groups -OCH3 is 1. The van der Waals surface area contributed by atoms with Gasteiger partial charge in [-0.3, -0.25) is 4.79 Å². The van der Waals surface area contributed by atoms with Gasteiger partial charge in [0.05, 0.1) is 5.60 Å². The third kappa shape index (κ3) is 5.36. The van der Waals surface area contributed by atoms with Crippen LogP contribution in [0.15, 0.2) is 0 Å². The first kappa shape index (κ1) is 15.4. The Morgan fingerprint density at radius 1 is 1.39 bits per heavy atom. The number of carbonyl (C=O) groups excluding carboxylic acids is 1. The lowest BCUT2D eigenvalue weighted by molar-refractivity contribution is -0.130. The zero-order chi connectivity index (χ0) is 13.6. The van der Waals surface area contributed by atoms with Crippen molar-refractivity contribution in [2.45, 2.75) is 58.1 Å². The highest BCUT2D eigenvalue weighted by atomic mass is 16.5. The molecule has 0 aromatic carbocycles. The van der Waals surface area contributed by atoms with Crippen LogP contribution in [-0.4, -0.2) is 49.2 Å². The highest BCUT2D eigenvalue weighted by Gasteiger charge is 2.21. The van der Waals surface area contributed by atoms with Crippen LogP contribution in [0.25, 0.3) is 0 Å². The molecule has 0 aromatic heterocycles. The number of hydrogen-bond donors (Lipinski definition) is 1. The number of amides is 1. The number of carbonyl (C=O) groups is 1. The van der Waals surface area contributed by atoms with Crippen LogP contribution in [0.5, 0.6) is 0 Å². The molecule has 1 saturated heterocycles. The Labute approximate surface area is 111 Å². The maximum Gasteiger partial charge on any atom is 0.223 e. The Morgan fingerprint density at radius 2 is 2.00 bits per heavy atom. The summed E-state index contributed by atoms with van der Waals surface area (Å²) in [4.78, 5) is 13.8. The zero-order valence-corrected chi connectivity index (χ0v) is 12.3. The zero-order valence-electron chi connectivity index (χ0n) is 12.3. The summed E-state index contributed by atoms with van der Waals surface area (Å²) in [6.07, 6.45) is 3.88. The normalized spacial score (nSPS) is 18.1. The molecule has 18 heavy (non-hydrogen) atoms. The largest absolute Gasteiger partial charge is 0.379 e. The van der Waals surface area contributed by atoms with Gasteiger partial charge >= 0.3 is 0 Å². The van der Waals surface area contributed by atoms with Crippen LogP contribution in [0.3, 0.4) is 0 Å². The van der Waals surface area contributed by atoms with Gasteiger partial charge in [0.25, 0.3) is 0 Å². The van der Waals surface area contributed by atoms with Crippen LogP contribution in [0.2, 0.25) is 0 Å². The van der Waals surface area contributed by atoms with E-state index in [0.29, 0.717) is 18.4 Å². The standard InChI is InChI=1S/C14H28N2O2/c1-12(11-14(2,3)18-4)15-8-7-13(17)16-9-5-6-10-16/h12,15H,5-11H2,1-4H3. The SMILES string of the molecule is COC(C)(C)CC(C)NCCC(=O)N1CCCC1. The number of hydrogen-bond acceptors (Lipinski definition) is 3. The van der Waals surface area contributed by atoms with Crippen molar-refractivity contribution in [3.05, 3.63) is 0 Å². The smallest absolute Gasteiger partial charge is 0.223 e. The maximum atomic E-state index is 11.8. The molecule has 0 radical (unpaired) electrons. The molecule has 1 fully saturated rings. The van der Waals surface area contributed by atoms with E-state index in [1.54, 1.807) is 7.11 Å². The van der Waals surface area contributed by atoms with Gasteiger partial charge in [0.2, 0.25) is 5.91 Å². The molecule has 1 heterocycles. The lowest BCUT2D eigenvalue weighted by Crippen LogP contribution is -2.38. The molecule has 1 aliphatic rings. The van der Waals surface area contributed by atoms with Crippen LogP contribution in [0.4, 0.5) is 0 Å². The molecule has 4 nitrogen and oxygen atoms in total. The number of likely N-dealkylation sites (tertiary alicyclic amines) is 1. The molecule has 1 atom stereocenters. The van der Waals surface area contributed by atoms with E-state index >= 15 is 0 Å². The van der Waals surface area contributed by atoms with E-state index in [1.807, 2.05) is 4.90 Å². The lowest BCUT2D eigenvalue weighted by atomic mass is 10.00. The Hall–Kier alpha value is -0.610. The van der Waals surface area contributed by atoms with Crippen LogP contribution >= 0.6 is 0 Å². The fourth-order valence-corrected chi connectivity index (χ4v) is 2.44. The van der Waals surface area contributed by atoms with Gasteiger partial charge in [0.1, 0.15) is 0 Å². The van der Waals surface area contributed by atoms with E-state index in [-0.39, 0.29) is 5.60 Å². The fourth-order valence-electron chi connectivity index (χ4n) is 2.44. The van der Waals surface area contributed by atoms with Crippen LogP contribution < -0.4 is 5.32 Å². The van der Waals surface area contributed by atoms with Gasteiger partial charge in [-0.2, -0.15) is 0 Å². The van der Waals surface area contributed by atoms with Gasteiger partial charge in [-0.25, -0.2) is 0 Å². The quantitative estimate of drug-likeness (QED) is 0.755. The van der Waals surface area contributed by atoms with Gasteiger partial charge in [-0.05, 0) is 40.0 Å². The maximum absolute atomic E-state index is 11.8. The fraction of sp³-hybridized carbons (Fsp3) is 0.929. The van der Waals surface area contributed by atoms with Crippen molar-refractivity contribution in [2.75, 3.05) is 26.7 Å². The molecule has 0 aliphatic carbocycles. The number of nitrogens with one attached hydrogen (secondary N) is 1. The number of rotatable bonds is 7. The molecule has 1 aliphatic heterocycles. The summed E-state index contributed by atoms with van der Waals surface area (Å²) in [6.45, 7) is 8.97. The van der Waals surface area contributed by atoms with Crippen molar-refractivity contribution < 1.29 is 9.53 Å². The van der Waals surface area contributed by atoms with Crippen molar-refractivity contribution >= 4 is 5.91 Å². The molecular formula is C14H28N2O2. The van der Waals surface area contributed by atoms with Crippen LogP contribution in [0.1, 0.15) is 46.5 Å². The molecule has 0 spiro atoms. The Kier molecular flexibility index (Phi) is 6.09. The average molecular weight is 256 g/mol. The number of ether oxygens (including phenoxy) is 1. The molecule has 4 heteroatoms. The summed E-state index contributed by atoms with van der Waals surface area (Å²) < 4.78 is 5.40. The van der Waals surface area contributed by atoms with Gasteiger partial charge in [-0.1, -0.05) is 0 Å². The Morgan fingerprint density at radius 3 is 2.56 bits per heavy atom. The van der Waals surface area contributed by atoms with Crippen molar-refractivity contribution in [2.24, 2.45) is 0 Å². The monoisotopic (exact) mass is 256 g/mol. The van der Waals surface area contributed by atoms with Crippen LogP contribution in [-0.2, 0) is 9.53 Å². The van der Waals surface area contributed by atoms with Gasteiger partial charge < -0.3 is 15.0 Å². The molecule has 1 N–H and O–H groups in total. The molecule has 106 valence electrons. The minimum Gasteiger partial charge on any atom is -0.379 e. The van der Waals surface area contributed by atoms with Crippen molar-refractivity contribution in [1.82, 2.24) is 10.2 Å². The minimum absolute atomic E-state index is 0.106. The third-order valence-electron chi connectivity index (χ3n) is 3.64. The predicted molar refractivity (Wildman–Crippen MR) is 73.6 cm³/mol. The van der Waals surface area contributed by atoms with Crippen molar-refractivity contribution in [3.63, 3.8) is 0 Å². The second-order valence-electron chi connectivity index (χ2n) is 5.86. The predicted octanol–water partition coefficient (Wildman–Crippen LogP) is 1.79.